The Morgan fingerprint density at radius 2 is 1.47 bits per heavy atom. The lowest BCUT2D eigenvalue weighted by atomic mass is 10.1. The molecule has 6 rings (SSSR count). The zero-order valence-corrected chi connectivity index (χ0v) is 15.7. The molecular formula is C23H15N7. The van der Waals surface area contributed by atoms with Gasteiger partial charge in [-0.25, -0.2) is 4.98 Å². The van der Waals surface area contributed by atoms with Crippen LogP contribution in [-0.2, 0) is 0 Å². The highest BCUT2D eigenvalue weighted by Gasteiger charge is 2.15. The molecule has 6 aromatic heterocycles. The van der Waals surface area contributed by atoms with Gasteiger partial charge < -0.3 is 4.98 Å². The average molecular weight is 389 g/mol. The number of hydrogen-bond acceptors (Lipinski definition) is 5. The van der Waals surface area contributed by atoms with Crippen LogP contribution >= 0.6 is 0 Å². The first-order valence-corrected chi connectivity index (χ1v) is 9.50. The molecule has 0 saturated heterocycles. The van der Waals surface area contributed by atoms with Crippen LogP contribution in [0.15, 0.2) is 79.6 Å². The molecule has 0 bridgehead atoms. The van der Waals surface area contributed by atoms with Crippen LogP contribution in [0.1, 0.15) is 0 Å². The number of aromatic amines is 2. The summed E-state index contributed by atoms with van der Waals surface area (Å²) in [6, 6.07) is 13.9. The Morgan fingerprint density at radius 3 is 2.27 bits per heavy atom. The zero-order valence-electron chi connectivity index (χ0n) is 15.7. The van der Waals surface area contributed by atoms with Crippen molar-refractivity contribution in [2.75, 3.05) is 0 Å². The van der Waals surface area contributed by atoms with Gasteiger partial charge in [-0.2, -0.15) is 5.10 Å². The van der Waals surface area contributed by atoms with E-state index in [4.69, 9.17) is 4.98 Å². The van der Waals surface area contributed by atoms with Gasteiger partial charge in [0.25, 0.3) is 0 Å². The Labute approximate surface area is 170 Å². The minimum absolute atomic E-state index is 0.776. The Hall–Kier alpha value is -4.39. The van der Waals surface area contributed by atoms with Crippen molar-refractivity contribution in [2.24, 2.45) is 0 Å². The van der Waals surface area contributed by atoms with E-state index in [1.54, 1.807) is 24.8 Å². The van der Waals surface area contributed by atoms with Crippen molar-refractivity contribution < 1.29 is 0 Å². The SMILES string of the molecule is c1cc(-c2ccc3[nH]nc(-c4cc5c(-c6ccncc6)cncc5[nH]4)c3n2)ccn1. The van der Waals surface area contributed by atoms with E-state index in [-0.39, 0.29) is 0 Å². The van der Waals surface area contributed by atoms with Crippen molar-refractivity contribution in [3.63, 3.8) is 0 Å². The fourth-order valence-electron chi connectivity index (χ4n) is 3.71. The van der Waals surface area contributed by atoms with Gasteiger partial charge >= 0.3 is 0 Å². The van der Waals surface area contributed by atoms with E-state index in [0.29, 0.717) is 0 Å². The summed E-state index contributed by atoms with van der Waals surface area (Å²) in [6.45, 7) is 0. The molecule has 0 radical (unpaired) electrons. The third-order valence-corrected chi connectivity index (χ3v) is 5.18. The molecule has 6 heterocycles. The Bertz CT molecular complexity index is 1480. The van der Waals surface area contributed by atoms with Gasteiger partial charge in [0.05, 0.1) is 28.6 Å². The number of nitrogens with zero attached hydrogens (tertiary/aromatic N) is 5. The van der Waals surface area contributed by atoms with E-state index in [1.807, 2.05) is 48.8 Å². The molecule has 0 amide bonds. The lowest BCUT2D eigenvalue weighted by Crippen LogP contribution is -1.86. The first-order valence-electron chi connectivity index (χ1n) is 9.50. The largest absolute Gasteiger partial charge is 0.352 e. The molecule has 0 fully saturated rings. The molecule has 0 atom stereocenters. The number of rotatable bonds is 3. The lowest BCUT2D eigenvalue weighted by molar-refractivity contribution is 1.12. The maximum atomic E-state index is 4.87. The van der Waals surface area contributed by atoms with Crippen LogP contribution in [0.5, 0.6) is 0 Å². The second-order valence-corrected chi connectivity index (χ2v) is 6.97. The van der Waals surface area contributed by atoms with Crippen LogP contribution < -0.4 is 0 Å². The molecular weight excluding hydrogens is 374 g/mol. The molecule has 30 heavy (non-hydrogen) atoms. The van der Waals surface area contributed by atoms with Crippen molar-refractivity contribution in [1.29, 1.82) is 0 Å². The predicted octanol–water partition coefficient (Wildman–Crippen LogP) is 4.63. The number of fused-ring (bicyclic) bond motifs is 2. The fourth-order valence-corrected chi connectivity index (χ4v) is 3.71. The summed E-state index contributed by atoms with van der Waals surface area (Å²) in [6.07, 6.45) is 10.8. The van der Waals surface area contributed by atoms with Gasteiger partial charge in [-0.1, -0.05) is 0 Å². The highest BCUT2D eigenvalue weighted by atomic mass is 15.1. The highest BCUT2D eigenvalue weighted by molar-refractivity contribution is 5.99. The molecule has 0 spiro atoms. The molecule has 0 aliphatic heterocycles. The maximum Gasteiger partial charge on any atom is 0.135 e. The van der Waals surface area contributed by atoms with Gasteiger partial charge in [0.15, 0.2) is 0 Å². The normalized spacial score (nSPS) is 11.3. The van der Waals surface area contributed by atoms with Crippen LogP contribution in [0.2, 0.25) is 0 Å². The standard InChI is InChI=1S/C23H15N7/c1-2-19-22(28-18(1)15-5-9-25-10-6-15)23(30-29-19)20-11-16-17(12-26-13-21(16)27-20)14-3-7-24-8-4-14/h1-13,27H,(H,29,30). The third kappa shape index (κ3) is 2.64. The molecule has 0 aromatic carbocycles. The van der Waals surface area contributed by atoms with Gasteiger partial charge in [0.2, 0.25) is 0 Å². The smallest absolute Gasteiger partial charge is 0.135 e. The molecule has 0 unspecified atom stereocenters. The summed E-state index contributed by atoms with van der Waals surface area (Å²) in [5.74, 6) is 0. The van der Waals surface area contributed by atoms with Gasteiger partial charge in [0.1, 0.15) is 11.2 Å². The summed E-state index contributed by atoms with van der Waals surface area (Å²) < 4.78 is 0. The van der Waals surface area contributed by atoms with Gasteiger partial charge in [0, 0.05) is 47.5 Å². The first-order chi connectivity index (χ1) is 14.9. The van der Waals surface area contributed by atoms with E-state index in [0.717, 1.165) is 55.7 Å². The predicted molar refractivity (Wildman–Crippen MR) is 115 cm³/mol. The molecule has 7 heteroatoms. The minimum atomic E-state index is 0.776. The quantitative estimate of drug-likeness (QED) is 0.460. The number of aromatic nitrogens is 7. The monoisotopic (exact) mass is 389 g/mol. The van der Waals surface area contributed by atoms with Crippen LogP contribution in [0.4, 0.5) is 0 Å². The van der Waals surface area contributed by atoms with Crippen LogP contribution in [0.3, 0.4) is 0 Å². The molecule has 2 N–H and O–H groups in total. The van der Waals surface area contributed by atoms with Gasteiger partial charge in [-0.05, 0) is 48.0 Å². The fraction of sp³-hybridized carbons (Fsp3) is 0. The lowest BCUT2D eigenvalue weighted by Gasteiger charge is -2.01. The number of pyridine rings is 4. The topological polar surface area (TPSA) is 96.0 Å². The van der Waals surface area contributed by atoms with E-state index in [2.05, 4.69) is 36.2 Å². The summed E-state index contributed by atoms with van der Waals surface area (Å²) in [4.78, 5) is 20.9. The Morgan fingerprint density at radius 1 is 0.700 bits per heavy atom. The number of nitrogens with one attached hydrogen (secondary N) is 2. The second-order valence-electron chi connectivity index (χ2n) is 6.97. The maximum absolute atomic E-state index is 4.87. The molecule has 6 aromatic rings. The van der Waals surface area contributed by atoms with E-state index in [1.165, 1.54) is 0 Å². The van der Waals surface area contributed by atoms with E-state index < -0.39 is 0 Å². The summed E-state index contributed by atoms with van der Waals surface area (Å²) in [7, 11) is 0. The molecule has 0 aliphatic rings. The molecule has 7 nitrogen and oxygen atoms in total. The van der Waals surface area contributed by atoms with Crippen molar-refractivity contribution in [2.45, 2.75) is 0 Å². The molecule has 0 saturated carbocycles. The van der Waals surface area contributed by atoms with E-state index in [9.17, 15) is 0 Å². The zero-order chi connectivity index (χ0) is 19.9. The Balaban J connectivity index is 1.52. The molecule has 142 valence electrons. The third-order valence-electron chi connectivity index (χ3n) is 5.18. The average Bonchev–Trinajstić information content (AvgIpc) is 3.43. The van der Waals surface area contributed by atoms with Crippen LogP contribution in [0.25, 0.3) is 55.7 Å². The summed E-state index contributed by atoms with van der Waals surface area (Å²) in [5.41, 5.74) is 8.31. The van der Waals surface area contributed by atoms with Crippen molar-refractivity contribution in [1.82, 2.24) is 35.1 Å². The van der Waals surface area contributed by atoms with Crippen LogP contribution in [-0.4, -0.2) is 35.1 Å². The van der Waals surface area contributed by atoms with Crippen LogP contribution in [0, 0.1) is 0 Å². The summed E-state index contributed by atoms with van der Waals surface area (Å²) >= 11 is 0. The minimum Gasteiger partial charge on any atom is -0.352 e. The number of H-pyrrole nitrogens is 2. The second kappa shape index (κ2) is 6.59. The summed E-state index contributed by atoms with van der Waals surface area (Å²) in [5, 5.41) is 8.70. The Kier molecular flexibility index (Phi) is 3.64. The molecule has 0 aliphatic carbocycles. The van der Waals surface area contributed by atoms with Gasteiger partial charge in [-0.15, -0.1) is 0 Å². The number of hydrogen-bond donors (Lipinski definition) is 2. The van der Waals surface area contributed by atoms with Gasteiger partial charge in [-0.3, -0.25) is 20.1 Å². The highest BCUT2D eigenvalue weighted by Crippen LogP contribution is 2.33. The first kappa shape index (κ1) is 16.6. The van der Waals surface area contributed by atoms with E-state index >= 15 is 0 Å². The van der Waals surface area contributed by atoms with Crippen molar-refractivity contribution in [3.05, 3.63) is 79.6 Å². The van der Waals surface area contributed by atoms with Crippen molar-refractivity contribution in [3.8, 4) is 33.8 Å². The van der Waals surface area contributed by atoms with Crippen molar-refractivity contribution >= 4 is 21.9 Å².